The molecule has 20 heavy (non-hydrogen) atoms. The molecule has 0 aliphatic heterocycles. The summed E-state index contributed by atoms with van der Waals surface area (Å²) in [6.45, 7) is 0. The minimum Gasteiger partial charge on any atom is -0.113 e. The van der Waals surface area contributed by atoms with Crippen molar-refractivity contribution < 1.29 is 0 Å². The second-order valence-electron chi connectivity index (χ2n) is 4.60. The number of halogens is 3. The van der Waals surface area contributed by atoms with Crippen LogP contribution in [0.5, 0.6) is 0 Å². The van der Waals surface area contributed by atoms with Crippen molar-refractivity contribution in [3.05, 3.63) is 80.4 Å². The Bertz CT molecular complexity index is 768. The Morgan fingerprint density at radius 3 is 2.35 bits per heavy atom. The Morgan fingerprint density at radius 2 is 1.60 bits per heavy atom. The smallest absolute Gasteiger partial charge is 0.0841 e. The average molecular weight is 413 g/mol. The van der Waals surface area contributed by atoms with Crippen LogP contribution in [-0.4, -0.2) is 0 Å². The molecular formula is C17H11Cl2I. The SMILES string of the molecule is Clc1ccc(C(Cl)c2cccc(I)c2)c2ccccc12. The highest BCUT2D eigenvalue weighted by atomic mass is 127. The van der Waals surface area contributed by atoms with Crippen molar-refractivity contribution in [3.63, 3.8) is 0 Å². The number of alkyl halides is 1. The molecule has 0 radical (unpaired) electrons. The largest absolute Gasteiger partial charge is 0.113 e. The molecule has 0 aliphatic rings. The first-order chi connectivity index (χ1) is 9.66. The van der Waals surface area contributed by atoms with Crippen LogP contribution < -0.4 is 0 Å². The molecule has 1 atom stereocenters. The summed E-state index contributed by atoms with van der Waals surface area (Å²) in [6.07, 6.45) is 0. The molecule has 0 aliphatic carbocycles. The highest BCUT2D eigenvalue weighted by Crippen LogP contribution is 2.36. The molecule has 3 aromatic rings. The molecule has 0 nitrogen and oxygen atoms in total. The Hall–Kier alpha value is -0.770. The summed E-state index contributed by atoms with van der Waals surface area (Å²) >= 11 is 15.3. The molecule has 0 amide bonds. The van der Waals surface area contributed by atoms with Crippen LogP contribution in [0.4, 0.5) is 0 Å². The lowest BCUT2D eigenvalue weighted by Crippen LogP contribution is -1.95. The second-order valence-corrected chi connectivity index (χ2v) is 6.69. The minimum atomic E-state index is -0.174. The molecule has 3 rings (SSSR count). The molecule has 0 spiro atoms. The Kier molecular flexibility index (Phi) is 4.20. The van der Waals surface area contributed by atoms with E-state index in [0.29, 0.717) is 0 Å². The zero-order valence-electron chi connectivity index (χ0n) is 10.5. The van der Waals surface area contributed by atoms with Gasteiger partial charge in [-0.05, 0) is 57.3 Å². The van der Waals surface area contributed by atoms with Crippen molar-refractivity contribution in [2.24, 2.45) is 0 Å². The van der Waals surface area contributed by atoms with Crippen LogP contribution in [0, 0.1) is 3.57 Å². The van der Waals surface area contributed by atoms with Gasteiger partial charge in [0.15, 0.2) is 0 Å². The predicted molar refractivity (Wildman–Crippen MR) is 95.8 cm³/mol. The van der Waals surface area contributed by atoms with E-state index < -0.39 is 0 Å². The maximum atomic E-state index is 6.69. The summed E-state index contributed by atoms with van der Waals surface area (Å²) in [5.74, 6) is 0. The zero-order valence-corrected chi connectivity index (χ0v) is 14.2. The lowest BCUT2D eigenvalue weighted by Gasteiger charge is -2.14. The Balaban J connectivity index is 2.17. The first kappa shape index (κ1) is 14.2. The van der Waals surface area contributed by atoms with E-state index in [1.807, 2.05) is 36.4 Å². The van der Waals surface area contributed by atoms with Gasteiger partial charge in [0.1, 0.15) is 0 Å². The molecule has 0 heterocycles. The normalized spacial score (nSPS) is 12.6. The summed E-state index contributed by atoms with van der Waals surface area (Å²) in [5, 5.41) is 2.74. The van der Waals surface area contributed by atoms with Gasteiger partial charge in [-0.15, -0.1) is 11.6 Å². The summed E-state index contributed by atoms with van der Waals surface area (Å²) in [6, 6.07) is 20.3. The van der Waals surface area contributed by atoms with Gasteiger partial charge in [0.2, 0.25) is 0 Å². The van der Waals surface area contributed by atoms with Crippen LogP contribution in [0.2, 0.25) is 5.02 Å². The van der Waals surface area contributed by atoms with E-state index in [-0.39, 0.29) is 5.38 Å². The number of benzene rings is 3. The van der Waals surface area contributed by atoms with E-state index >= 15 is 0 Å². The first-order valence-corrected chi connectivity index (χ1v) is 8.13. The molecule has 0 saturated carbocycles. The van der Waals surface area contributed by atoms with Crippen molar-refractivity contribution in [1.29, 1.82) is 0 Å². The fourth-order valence-electron chi connectivity index (χ4n) is 2.35. The van der Waals surface area contributed by atoms with Crippen molar-refractivity contribution in [3.8, 4) is 0 Å². The van der Waals surface area contributed by atoms with Crippen LogP contribution >= 0.6 is 45.8 Å². The molecule has 0 aromatic heterocycles. The lowest BCUT2D eigenvalue weighted by molar-refractivity contribution is 1.16. The maximum absolute atomic E-state index is 6.69. The molecule has 3 heteroatoms. The lowest BCUT2D eigenvalue weighted by atomic mass is 9.98. The first-order valence-electron chi connectivity index (χ1n) is 6.23. The Morgan fingerprint density at radius 1 is 0.850 bits per heavy atom. The third-order valence-electron chi connectivity index (χ3n) is 3.32. The predicted octanol–water partition coefficient (Wildman–Crippen LogP) is 6.43. The Labute approximate surface area is 141 Å². The molecule has 0 bridgehead atoms. The van der Waals surface area contributed by atoms with Crippen LogP contribution in [0.3, 0.4) is 0 Å². The van der Waals surface area contributed by atoms with E-state index in [9.17, 15) is 0 Å². The van der Waals surface area contributed by atoms with Crippen LogP contribution in [0.15, 0.2) is 60.7 Å². The van der Waals surface area contributed by atoms with Crippen molar-refractivity contribution >= 4 is 56.6 Å². The highest BCUT2D eigenvalue weighted by molar-refractivity contribution is 14.1. The molecule has 0 fully saturated rings. The standard InChI is InChI=1S/C17H11Cl2I/c18-16-9-8-15(13-6-1-2-7-14(13)16)17(19)11-4-3-5-12(20)10-11/h1-10,17H. The van der Waals surface area contributed by atoms with Crippen LogP contribution in [0.25, 0.3) is 10.8 Å². The molecule has 0 N–H and O–H groups in total. The fraction of sp³-hybridized carbons (Fsp3) is 0.0588. The van der Waals surface area contributed by atoms with E-state index in [4.69, 9.17) is 23.2 Å². The number of hydrogen-bond donors (Lipinski definition) is 0. The van der Waals surface area contributed by atoms with Crippen LogP contribution in [0.1, 0.15) is 16.5 Å². The quantitative estimate of drug-likeness (QED) is 0.336. The summed E-state index contributed by atoms with van der Waals surface area (Å²) in [4.78, 5) is 0. The van der Waals surface area contributed by atoms with Gasteiger partial charge in [0.05, 0.1) is 5.38 Å². The molecule has 3 aromatic carbocycles. The highest BCUT2D eigenvalue weighted by Gasteiger charge is 2.15. The van der Waals surface area contributed by atoms with Crippen molar-refractivity contribution in [1.82, 2.24) is 0 Å². The second kappa shape index (κ2) is 5.92. The van der Waals surface area contributed by atoms with Gasteiger partial charge in [-0.25, -0.2) is 0 Å². The third-order valence-corrected chi connectivity index (χ3v) is 4.81. The number of fused-ring (bicyclic) bond motifs is 1. The molecule has 0 saturated heterocycles. The van der Waals surface area contributed by atoms with Crippen molar-refractivity contribution in [2.75, 3.05) is 0 Å². The van der Waals surface area contributed by atoms with Gasteiger partial charge in [-0.3, -0.25) is 0 Å². The topological polar surface area (TPSA) is 0 Å². The van der Waals surface area contributed by atoms with E-state index in [2.05, 4.69) is 46.9 Å². The third kappa shape index (κ3) is 2.67. The number of hydrogen-bond acceptors (Lipinski definition) is 0. The minimum absolute atomic E-state index is 0.174. The van der Waals surface area contributed by atoms with Crippen LogP contribution in [-0.2, 0) is 0 Å². The van der Waals surface area contributed by atoms with Gasteiger partial charge in [-0.2, -0.15) is 0 Å². The maximum Gasteiger partial charge on any atom is 0.0841 e. The monoisotopic (exact) mass is 412 g/mol. The zero-order chi connectivity index (χ0) is 14.1. The summed E-state index contributed by atoms with van der Waals surface area (Å²) in [7, 11) is 0. The fourth-order valence-corrected chi connectivity index (χ4v) is 3.47. The summed E-state index contributed by atoms with van der Waals surface area (Å²) in [5.41, 5.74) is 2.19. The molecule has 1 unspecified atom stereocenters. The van der Waals surface area contributed by atoms with E-state index in [1.54, 1.807) is 0 Å². The van der Waals surface area contributed by atoms with E-state index in [1.165, 1.54) is 3.57 Å². The van der Waals surface area contributed by atoms with Gasteiger partial charge >= 0.3 is 0 Å². The van der Waals surface area contributed by atoms with E-state index in [0.717, 1.165) is 26.9 Å². The molecule has 100 valence electrons. The van der Waals surface area contributed by atoms with Gasteiger partial charge < -0.3 is 0 Å². The summed E-state index contributed by atoms with van der Waals surface area (Å²) < 4.78 is 1.18. The van der Waals surface area contributed by atoms with Crippen molar-refractivity contribution in [2.45, 2.75) is 5.38 Å². The number of rotatable bonds is 2. The van der Waals surface area contributed by atoms with Gasteiger partial charge in [-0.1, -0.05) is 54.1 Å². The average Bonchev–Trinajstić information content (AvgIpc) is 2.47. The molecular weight excluding hydrogens is 402 g/mol. The van der Waals surface area contributed by atoms with Gasteiger partial charge in [0, 0.05) is 14.0 Å². The van der Waals surface area contributed by atoms with Gasteiger partial charge in [0.25, 0.3) is 0 Å².